The van der Waals surface area contributed by atoms with Crippen LogP contribution in [-0.2, 0) is 17.9 Å². The van der Waals surface area contributed by atoms with Crippen molar-refractivity contribution in [3.8, 4) is 22.8 Å². The quantitative estimate of drug-likeness (QED) is 0.189. The van der Waals surface area contributed by atoms with E-state index in [1.165, 1.54) is 0 Å². The van der Waals surface area contributed by atoms with Gasteiger partial charge in [-0.25, -0.2) is 14.6 Å². The molecule has 1 saturated heterocycles. The van der Waals surface area contributed by atoms with E-state index in [-0.39, 0.29) is 6.10 Å². The summed E-state index contributed by atoms with van der Waals surface area (Å²) in [6.07, 6.45) is 13.1. The van der Waals surface area contributed by atoms with E-state index in [1.807, 2.05) is 36.1 Å². The highest BCUT2D eigenvalue weighted by Crippen LogP contribution is 2.36. The molecule has 1 saturated carbocycles. The number of ether oxygens (including phenoxy) is 3. The Hall–Kier alpha value is -4.18. The summed E-state index contributed by atoms with van der Waals surface area (Å²) in [5.74, 6) is 1.50. The van der Waals surface area contributed by atoms with Gasteiger partial charge in [0.25, 0.3) is 5.88 Å². The molecule has 0 unspecified atom stereocenters. The van der Waals surface area contributed by atoms with Crippen molar-refractivity contribution in [3.05, 3.63) is 64.7 Å². The zero-order valence-corrected chi connectivity index (χ0v) is 27.6. The van der Waals surface area contributed by atoms with Gasteiger partial charge < -0.3 is 19.5 Å². The number of tetrazole rings is 1. The Labute approximate surface area is 281 Å². The number of anilines is 2. The first-order valence-corrected chi connectivity index (χ1v) is 17.0. The number of rotatable bonds is 12. The third-order valence-corrected chi connectivity index (χ3v) is 9.53. The molecular formula is C31H36ClN11O3S. The fourth-order valence-electron chi connectivity index (χ4n) is 6.05. The number of hydrogen-bond donors (Lipinski definition) is 1. The van der Waals surface area contributed by atoms with E-state index in [2.05, 4.69) is 40.7 Å². The molecular weight excluding hydrogens is 642 g/mol. The molecule has 2 aliphatic rings. The minimum absolute atomic E-state index is 0.206. The number of nitrogens with zero attached hydrogens (tertiary/aromatic N) is 10. The molecule has 1 aliphatic heterocycles. The molecule has 0 bridgehead atoms. The normalized spacial score (nSPS) is 19.4. The summed E-state index contributed by atoms with van der Waals surface area (Å²) in [6.45, 7) is 6.51. The molecule has 2 fully saturated rings. The lowest BCUT2D eigenvalue weighted by atomic mass is 9.90. The zero-order valence-electron chi connectivity index (χ0n) is 26.0. The van der Waals surface area contributed by atoms with Gasteiger partial charge in [0.05, 0.1) is 47.4 Å². The van der Waals surface area contributed by atoms with Gasteiger partial charge in [0, 0.05) is 43.3 Å². The maximum absolute atomic E-state index is 6.46. The van der Waals surface area contributed by atoms with Gasteiger partial charge in [-0.1, -0.05) is 17.7 Å². The molecule has 246 valence electrons. The maximum Gasteiger partial charge on any atom is 0.257 e. The first-order chi connectivity index (χ1) is 23.1. The molecule has 0 spiro atoms. The number of morpholine rings is 1. The van der Waals surface area contributed by atoms with Gasteiger partial charge in [-0.15, -0.1) is 21.5 Å². The second-order valence-electron chi connectivity index (χ2n) is 11.7. The predicted octanol–water partition coefficient (Wildman–Crippen LogP) is 5.04. The minimum Gasteiger partial charge on any atom is -0.487 e. The van der Waals surface area contributed by atoms with Crippen LogP contribution in [0, 0.1) is 0 Å². The van der Waals surface area contributed by atoms with Gasteiger partial charge >= 0.3 is 0 Å². The van der Waals surface area contributed by atoms with Crippen molar-refractivity contribution in [1.82, 2.24) is 49.8 Å². The Morgan fingerprint density at radius 1 is 1.06 bits per heavy atom. The number of nitrogens with one attached hydrogen (secondary N) is 1. The van der Waals surface area contributed by atoms with Crippen molar-refractivity contribution >= 4 is 34.6 Å². The fraction of sp³-hybridized carbons (Fsp3) is 0.452. The highest BCUT2D eigenvalue weighted by Gasteiger charge is 2.29. The molecule has 14 nitrogen and oxygen atoms in total. The van der Waals surface area contributed by atoms with Crippen LogP contribution < -0.4 is 14.8 Å². The van der Waals surface area contributed by atoms with Crippen molar-refractivity contribution in [3.63, 3.8) is 0 Å². The van der Waals surface area contributed by atoms with Gasteiger partial charge in [0.15, 0.2) is 0 Å². The maximum atomic E-state index is 6.46. The molecule has 47 heavy (non-hydrogen) atoms. The lowest BCUT2D eigenvalue weighted by Crippen LogP contribution is -2.45. The molecule has 1 atom stereocenters. The van der Waals surface area contributed by atoms with E-state index in [0.717, 1.165) is 73.7 Å². The topological polar surface area (TPSA) is 143 Å². The third kappa shape index (κ3) is 7.87. The highest BCUT2D eigenvalue weighted by molar-refractivity contribution is 7.09. The number of aromatic nitrogens is 9. The van der Waals surface area contributed by atoms with Gasteiger partial charge in [-0.2, -0.15) is 0 Å². The SMILES string of the molecule is C[C@@H](Cn1cnnn1)Oc1cc(-c2cnc(Nc3cn([C@H]4CC[C@H](N5CCOCC5)CC4)nc3OCc3cncs3)nc2)ccc1Cl. The van der Waals surface area contributed by atoms with Gasteiger partial charge in [0.2, 0.25) is 5.95 Å². The molecule has 5 heterocycles. The monoisotopic (exact) mass is 677 g/mol. The van der Waals surface area contributed by atoms with Crippen molar-refractivity contribution < 1.29 is 14.2 Å². The van der Waals surface area contributed by atoms with Crippen LogP contribution in [0.4, 0.5) is 11.6 Å². The summed E-state index contributed by atoms with van der Waals surface area (Å²) >= 11 is 8.01. The van der Waals surface area contributed by atoms with Crippen molar-refractivity contribution in [2.75, 3.05) is 31.6 Å². The van der Waals surface area contributed by atoms with Gasteiger partial charge in [0.1, 0.15) is 30.5 Å². The molecule has 0 amide bonds. The van der Waals surface area contributed by atoms with Crippen molar-refractivity contribution in [2.24, 2.45) is 0 Å². The molecule has 5 aromatic rings. The Kier molecular flexibility index (Phi) is 9.84. The van der Waals surface area contributed by atoms with E-state index < -0.39 is 0 Å². The summed E-state index contributed by atoms with van der Waals surface area (Å²) in [4.78, 5) is 17.0. The van der Waals surface area contributed by atoms with Gasteiger partial charge in [-0.05, 0) is 60.7 Å². The number of halogens is 1. The average molecular weight is 678 g/mol. The van der Waals surface area contributed by atoms with Crippen LogP contribution in [0.2, 0.25) is 5.02 Å². The van der Waals surface area contributed by atoms with Crippen LogP contribution in [0.15, 0.2) is 54.8 Å². The van der Waals surface area contributed by atoms with Gasteiger partial charge in [-0.3, -0.25) is 14.6 Å². The van der Waals surface area contributed by atoms with Crippen LogP contribution in [0.3, 0.4) is 0 Å². The lowest BCUT2D eigenvalue weighted by molar-refractivity contribution is 0.00503. The zero-order chi connectivity index (χ0) is 32.0. The van der Waals surface area contributed by atoms with Crippen LogP contribution >= 0.6 is 22.9 Å². The fourth-order valence-corrected chi connectivity index (χ4v) is 6.72. The number of thiazole rings is 1. The smallest absolute Gasteiger partial charge is 0.257 e. The van der Waals surface area contributed by atoms with Crippen LogP contribution in [0.25, 0.3) is 11.1 Å². The Balaban J connectivity index is 1.03. The molecule has 16 heteroatoms. The van der Waals surface area contributed by atoms with E-state index in [4.69, 9.17) is 30.9 Å². The van der Waals surface area contributed by atoms with E-state index in [0.29, 0.717) is 47.8 Å². The van der Waals surface area contributed by atoms with E-state index in [9.17, 15) is 0 Å². The summed E-state index contributed by atoms with van der Waals surface area (Å²) in [7, 11) is 0. The first-order valence-electron chi connectivity index (χ1n) is 15.7. The molecule has 7 rings (SSSR count). The summed E-state index contributed by atoms with van der Waals surface area (Å²) < 4.78 is 21.5. The third-order valence-electron chi connectivity index (χ3n) is 8.46. The summed E-state index contributed by atoms with van der Waals surface area (Å²) in [5.41, 5.74) is 4.21. The minimum atomic E-state index is -0.206. The molecule has 1 aliphatic carbocycles. The van der Waals surface area contributed by atoms with Crippen LogP contribution in [0.1, 0.15) is 43.5 Å². The molecule has 1 N–H and O–H groups in total. The van der Waals surface area contributed by atoms with Crippen LogP contribution in [-0.4, -0.2) is 88.3 Å². The Bertz CT molecular complexity index is 1710. The largest absolute Gasteiger partial charge is 0.487 e. The first kappa shape index (κ1) is 31.4. The number of hydrogen-bond acceptors (Lipinski definition) is 13. The predicted molar refractivity (Wildman–Crippen MR) is 176 cm³/mol. The Morgan fingerprint density at radius 3 is 2.62 bits per heavy atom. The second kappa shape index (κ2) is 14.7. The summed E-state index contributed by atoms with van der Waals surface area (Å²) in [5, 5.41) is 20.0. The van der Waals surface area contributed by atoms with E-state index >= 15 is 0 Å². The number of benzene rings is 1. The van der Waals surface area contributed by atoms with Crippen molar-refractivity contribution in [2.45, 2.75) is 63.9 Å². The Morgan fingerprint density at radius 2 is 1.87 bits per heavy atom. The second-order valence-corrected chi connectivity index (χ2v) is 13.1. The molecule has 4 aromatic heterocycles. The van der Waals surface area contributed by atoms with E-state index in [1.54, 1.807) is 46.3 Å². The highest BCUT2D eigenvalue weighted by atomic mass is 35.5. The average Bonchev–Trinajstić information content (AvgIpc) is 3.89. The standard InChI is InChI=1S/C31H36ClN11O3S/c1-21(16-42-19-36-39-40-42)46-29-12-22(2-7-27(29)32)23-13-34-31(35-14-23)37-28-17-43(38-30(28)45-18-26-15-33-20-47-26)25-5-3-24(4-6-25)41-8-10-44-11-9-41/h2,7,12-15,17,19-21,24-25H,3-6,8-11,16,18H2,1H3,(H,34,35,37)/t21-,24-,25-/m0/s1. The van der Waals surface area contributed by atoms with Crippen molar-refractivity contribution in [1.29, 1.82) is 0 Å². The molecule has 0 radical (unpaired) electrons. The van der Waals surface area contributed by atoms with Crippen LogP contribution in [0.5, 0.6) is 11.6 Å². The molecule has 1 aromatic carbocycles. The lowest BCUT2D eigenvalue weighted by Gasteiger charge is -2.38. The summed E-state index contributed by atoms with van der Waals surface area (Å²) in [6, 6.07) is 6.51.